The second-order valence-corrected chi connectivity index (χ2v) is 8.38. The number of hydrogen-bond donors (Lipinski definition) is 2. The molecule has 6 nitrogen and oxygen atoms in total. The molecule has 0 spiro atoms. The van der Waals surface area contributed by atoms with Crippen molar-refractivity contribution in [2.24, 2.45) is 0 Å². The minimum atomic E-state index is -3.37. The zero-order chi connectivity index (χ0) is 18.6. The van der Waals surface area contributed by atoms with Crippen molar-refractivity contribution in [3.8, 4) is 0 Å². The number of benzene rings is 2. The highest BCUT2D eigenvalue weighted by Gasteiger charge is 2.24. The Morgan fingerprint density at radius 3 is 2.65 bits per heavy atom. The number of hydrogen-bond acceptors (Lipinski definition) is 4. The number of sulfonamides is 1. The molecule has 1 aliphatic heterocycles. The zero-order valence-electron chi connectivity index (χ0n) is 14.7. The Hall–Kier alpha value is -2.38. The quantitative estimate of drug-likeness (QED) is 0.812. The zero-order valence-corrected chi connectivity index (χ0v) is 15.5. The summed E-state index contributed by atoms with van der Waals surface area (Å²) in [6, 6.07) is 16.9. The van der Waals surface area contributed by atoms with Gasteiger partial charge in [0.05, 0.1) is 6.26 Å². The van der Waals surface area contributed by atoms with Crippen LogP contribution in [-0.4, -0.2) is 44.6 Å². The van der Waals surface area contributed by atoms with Crippen LogP contribution in [0.2, 0.25) is 0 Å². The van der Waals surface area contributed by atoms with Gasteiger partial charge >= 0.3 is 0 Å². The van der Waals surface area contributed by atoms with Crippen LogP contribution < -0.4 is 10.0 Å². The van der Waals surface area contributed by atoms with Crippen molar-refractivity contribution in [3.05, 3.63) is 65.7 Å². The number of carbonyl (C=O) groups excluding carboxylic acids is 1. The third kappa shape index (κ3) is 5.31. The van der Waals surface area contributed by atoms with Gasteiger partial charge in [-0.05, 0) is 30.2 Å². The van der Waals surface area contributed by atoms with Crippen LogP contribution in [0.15, 0.2) is 54.6 Å². The highest BCUT2D eigenvalue weighted by atomic mass is 32.2. The summed E-state index contributed by atoms with van der Waals surface area (Å²) in [5.41, 5.74) is 2.09. The first-order chi connectivity index (χ1) is 12.4. The Balaban J connectivity index is 1.56. The highest BCUT2D eigenvalue weighted by molar-refractivity contribution is 7.92. The molecule has 0 radical (unpaired) electrons. The second-order valence-electron chi connectivity index (χ2n) is 6.63. The van der Waals surface area contributed by atoms with Crippen LogP contribution in [0.25, 0.3) is 0 Å². The van der Waals surface area contributed by atoms with Gasteiger partial charge in [-0.15, -0.1) is 0 Å². The van der Waals surface area contributed by atoms with Gasteiger partial charge in [0.25, 0.3) is 5.91 Å². The van der Waals surface area contributed by atoms with Crippen molar-refractivity contribution in [1.29, 1.82) is 0 Å². The van der Waals surface area contributed by atoms with Gasteiger partial charge in [0, 0.05) is 36.9 Å². The number of nitrogens with zero attached hydrogens (tertiary/aromatic N) is 1. The molecule has 1 atom stereocenters. The van der Waals surface area contributed by atoms with Crippen LogP contribution in [-0.2, 0) is 16.6 Å². The lowest BCUT2D eigenvalue weighted by Gasteiger charge is -2.17. The van der Waals surface area contributed by atoms with E-state index in [4.69, 9.17) is 0 Å². The molecule has 2 aromatic rings. The molecule has 26 heavy (non-hydrogen) atoms. The molecule has 1 heterocycles. The first-order valence-electron chi connectivity index (χ1n) is 8.54. The van der Waals surface area contributed by atoms with Gasteiger partial charge in [0.15, 0.2) is 0 Å². The van der Waals surface area contributed by atoms with E-state index in [-0.39, 0.29) is 11.9 Å². The molecule has 138 valence electrons. The monoisotopic (exact) mass is 373 g/mol. The molecule has 2 N–H and O–H groups in total. The smallest absolute Gasteiger partial charge is 0.251 e. The predicted molar refractivity (Wildman–Crippen MR) is 102 cm³/mol. The van der Waals surface area contributed by atoms with Gasteiger partial charge in [-0.3, -0.25) is 14.4 Å². The molecular formula is C19H23N3O3S. The van der Waals surface area contributed by atoms with Crippen molar-refractivity contribution in [2.75, 3.05) is 24.1 Å². The van der Waals surface area contributed by atoms with Crippen molar-refractivity contribution in [2.45, 2.75) is 19.0 Å². The third-order valence-electron chi connectivity index (χ3n) is 4.28. The average Bonchev–Trinajstić information content (AvgIpc) is 3.01. The molecule has 1 amide bonds. The van der Waals surface area contributed by atoms with Crippen LogP contribution in [0.4, 0.5) is 5.69 Å². The maximum Gasteiger partial charge on any atom is 0.251 e. The van der Waals surface area contributed by atoms with E-state index in [1.54, 1.807) is 24.3 Å². The molecule has 1 aliphatic rings. The fourth-order valence-corrected chi connectivity index (χ4v) is 3.70. The van der Waals surface area contributed by atoms with E-state index in [2.05, 4.69) is 27.1 Å². The summed E-state index contributed by atoms with van der Waals surface area (Å²) in [5, 5.41) is 3.04. The van der Waals surface area contributed by atoms with Gasteiger partial charge in [-0.25, -0.2) is 8.42 Å². The number of amides is 1. The van der Waals surface area contributed by atoms with Crippen LogP contribution in [0.3, 0.4) is 0 Å². The van der Waals surface area contributed by atoms with Gasteiger partial charge in [-0.2, -0.15) is 0 Å². The van der Waals surface area contributed by atoms with Crippen molar-refractivity contribution in [1.82, 2.24) is 10.2 Å². The van der Waals surface area contributed by atoms with Crippen LogP contribution in [0.1, 0.15) is 22.3 Å². The Kier molecular flexibility index (Phi) is 5.58. The van der Waals surface area contributed by atoms with Gasteiger partial charge in [0.2, 0.25) is 10.0 Å². The van der Waals surface area contributed by atoms with E-state index in [1.165, 1.54) is 5.56 Å². The van der Waals surface area contributed by atoms with Crippen molar-refractivity contribution in [3.63, 3.8) is 0 Å². The molecule has 0 bridgehead atoms. The Morgan fingerprint density at radius 2 is 1.92 bits per heavy atom. The summed E-state index contributed by atoms with van der Waals surface area (Å²) in [6.45, 7) is 2.62. The molecule has 1 saturated heterocycles. The Labute approximate surface area is 154 Å². The molecule has 3 rings (SSSR count). The first kappa shape index (κ1) is 18.4. The largest absolute Gasteiger partial charge is 0.348 e. The summed E-state index contributed by atoms with van der Waals surface area (Å²) in [7, 11) is -3.37. The Morgan fingerprint density at radius 1 is 1.15 bits per heavy atom. The lowest BCUT2D eigenvalue weighted by Crippen LogP contribution is -2.37. The number of nitrogens with one attached hydrogen (secondary N) is 2. The summed E-state index contributed by atoms with van der Waals surface area (Å²) < 4.78 is 25.0. The molecule has 7 heteroatoms. The number of likely N-dealkylation sites (tertiary alicyclic amines) is 1. The van der Waals surface area contributed by atoms with Gasteiger partial charge in [-0.1, -0.05) is 36.4 Å². The van der Waals surface area contributed by atoms with Crippen molar-refractivity contribution >= 4 is 21.6 Å². The molecule has 0 saturated carbocycles. The fourth-order valence-electron chi connectivity index (χ4n) is 3.14. The SMILES string of the molecule is CS(=O)(=O)Nc1cccc(C(=O)NC2CCN(Cc3ccccc3)C2)c1. The molecule has 0 aromatic heterocycles. The number of rotatable bonds is 6. The lowest BCUT2D eigenvalue weighted by molar-refractivity contribution is 0.0937. The third-order valence-corrected chi connectivity index (χ3v) is 4.89. The molecule has 0 aliphatic carbocycles. The maximum absolute atomic E-state index is 12.5. The molecule has 1 fully saturated rings. The first-order valence-corrected chi connectivity index (χ1v) is 10.4. The minimum absolute atomic E-state index is 0.0951. The number of anilines is 1. The average molecular weight is 373 g/mol. The standard InChI is InChI=1S/C19H23N3O3S/c1-26(24,25)21-17-9-5-8-16(12-17)19(23)20-18-10-11-22(14-18)13-15-6-3-2-4-7-15/h2-9,12,18,21H,10-11,13-14H2,1H3,(H,20,23). The highest BCUT2D eigenvalue weighted by Crippen LogP contribution is 2.16. The van der Waals surface area contributed by atoms with Gasteiger partial charge < -0.3 is 5.32 Å². The summed E-state index contributed by atoms with van der Waals surface area (Å²) in [5.74, 6) is -0.186. The van der Waals surface area contributed by atoms with Gasteiger partial charge in [0.1, 0.15) is 0 Å². The maximum atomic E-state index is 12.5. The summed E-state index contributed by atoms with van der Waals surface area (Å²) in [6.07, 6.45) is 1.99. The normalized spacial score (nSPS) is 17.8. The van der Waals surface area contributed by atoms with Crippen LogP contribution in [0, 0.1) is 0 Å². The molecule has 2 aromatic carbocycles. The second kappa shape index (κ2) is 7.88. The topological polar surface area (TPSA) is 78.5 Å². The summed E-state index contributed by atoms with van der Waals surface area (Å²) in [4.78, 5) is 14.8. The lowest BCUT2D eigenvalue weighted by atomic mass is 10.1. The van der Waals surface area contributed by atoms with E-state index >= 15 is 0 Å². The van der Waals surface area contributed by atoms with Crippen LogP contribution in [0.5, 0.6) is 0 Å². The Bertz CT molecular complexity index is 869. The van der Waals surface area contributed by atoms with Crippen molar-refractivity contribution < 1.29 is 13.2 Å². The van der Waals surface area contributed by atoms with E-state index in [1.807, 2.05) is 18.2 Å². The predicted octanol–water partition coefficient (Wildman–Crippen LogP) is 2.06. The summed E-state index contributed by atoms with van der Waals surface area (Å²) >= 11 is 0. The molecular weight excluding hydrogens is 350 g/mol. The van der Waals surface area contributed by atoms with E-state index in [9.17, 15) is 13.2 Å². The van der Waals surface area contributed by atoms with E-state index in [0.717, 1.165) is 32.3 Å². The minimum Gasteiger partial charge on any atom is -0.348 e. The number of carbonyl (C=O) groups is 1. The molecule has 1 unspecified atom stereocenters. The van der Waals surface area contributed by atoms with E-state index in [0.29, 0.717) is 11.3 Å². The van der Waals surface area contributed by atoms with Crippen LogP contribution >= 0.6 is 0 Å². The van der Waals surface area contributed by atoms with E-state index < -0.39 is 10.0 Å². The fraction of sp³-hybridized carbons (Fsp3) is 0.316.